The third-order valence-corrected chi connectivity index (χ3v) is 6.50. The molecule has 5 rings (SSSR count). The number of methoxy groups -OCH3 is 1. The van der Waals surface area contributed by atoms with Crippen LogP contribution in [0.4, 0.5) is 0 Å². The molecule has 3 heterocycles. The zero-order valence-electron chi connectivity index (χ0n) is 19.0. The number of aromatic nitrogens is 1. The van der Waals surface area contributed by atoms with E-state index in [1.807, 2.05) is 32.0 Å². The maximum Gasteiger partial charge on any atom is 0.270 e. The molecular formula is C25H27N3O5. The van der Waals surface area contributed by atoms with Gasteiger partial charge in [0.1, 0.15) is 22.9 Å². The lowest BCUT2D eigenvalue weighted by Crippen LogP contribution is -2.61. The van der Waals surface area contributed by atoms with Gasteiger partial charge in [0.2, 0.25) is 0 Å². The topological polar surface area (TPSA) is 92.9 Å². The quantitative estimate of drug-likeness (QED) is 0.635. The number of para-hydroxylation sites is 1. The highest BCUT2D eigenvalue weighted by Gasteiger charge is 2.43. The van der Waals surface area contributed by atoms with Crippen molar-refractivity contribution in [3.63, 3.8) is 0 Å². The second kappa shape index (κ2) is 8.03. The molecule has 0 aliphatic carbocycles. The first-order chi connectivity index (χ1) is 15.9. The van der Waals surface area contributed by atoms with E-state index in [1.165, 1.54) is 0 Å². The van der Waals surface area contributed by atoms with E-state index in [0.717, 1.165) is 16.5 Å². The number of hydrogen-bond acceptors (Lipinski definition) is 5. The molecule has 0 radical (unpaired) electrons. The van der Waals surface area contributed by atoms with E-state index in [4.69, 9.17) is 14.2 Å². The molecule has 2 amide bonds. The number of nitrogens with one attached hydrogen (secondary N) is 2. The minimum absolute atomic E-state index is 0.0653. The molecule has 3 aromatic rings. The third-order valence-electron chi connectivity index (χ3n) is 6.50. The first kappa shape index (κ1) is 21.2. The molecule has 2 aliphatic rings. The van der Waals surface area contributed by atoms with Crippen LogP contribution in [0.2, 0.25) is 0 Å². The van der Waals surface area contributed by atoms with Gasteiger partial charge in [-0.1, -0.05) is 12.1 Å². The Morgan fingerprint density at radius 2 is 2.00 bits per heavy atom. The van der Waals surface area contributed by atoms with Gasteiger partial charge in [0.05, 0.1) is 24.8 Å². The molecule has 8 nitrogen and oxygen atoms in total. The van der Waals surface area contributed by atoms with E-state index in [2.05, 4.69) is 10.3 Å². The molecule has 0 unspecified atom stereocenters. The minimum atomic E-state index is -0.813. The number of amides is 2. The number of rotatable bonds is 4. The van der Waals surface area contributed by atoms with E-state index in [1.54, 1.807) is 30.2 Å². The van der Waals surface area contributed by atoms with Crippen molar-refractivity contribution in [2.24, 2.45) is 0 Å². The zero-order chi connectivity index (χ0) is 23.2. The van der Waals surface area contributed by atoms with Crippen LogP contribution in [0.1, 0.15) is 46.2 Å². The fourth-order valence-electron chi connectivity index (χ4n) is 4.71. The van der Waals surface area contributed by atoms with E-state index in [-0.39, 0.29) is 11.8 Å². The Morgan fingerprint density at radius 1 is 1.21 bits per heavy atom. The summed E-state index contributed by atoms with van der Waals surface area (Å²) in [5.41, 5.74) is 1.93. The van der Waals surface area contributed by atoms with Gasteiger partial charge in [0, 0.05) is 31.3 Å². The van der Waals surface area contributed by atoms with Crippen molar-refractivity contribution in [3.8, 4) is 17.2 Å². The molecule has 33 heavy (non-hydrogen) atoms. The SMILES string of the molecule is CCOc1ccc2c(c1)C(=O)NC1(CCN(C(=O)c3[nH]c4c(OC)cccc4c3C)CC1)O2. The number of carbonyl (C=O) groups excluding carboxylic acids is 2. The minimum Gasteiger partial charge on any atom is -0.495 e. The summed E-state index contributed by atoms with van der Waals surface area (Å²) in [6, 6.07) is 11.0. The molecule has 8 heteroatoms. The van der Waals surface area contributed by atoms with Gasteiger partial charge >= 0.3 is 0 Å². The third kappa shape index (κ3) is 3.55. The van der Waals surface area contributed by atoms with Crippen molar-refractivity contribution < 1.29 is 23.8 Å². The maximum atomic E-state index is 13.3. The molecule has 0 bridgehead atoms. The van der Waals surface area contributed by atoms with Crippen molar-refractivity contribution in [3.05, 3.63) is 53.2 Å². The number of hydrogen-bond donors (Lipinski definition) is 2. The van der Waals surface area contributed by atoms with Crippen molar-refractivity contribution >= 4 is 22.7 Å². The van der Waals surface area contributed by atoms with Crippen LogP contribution in [0.5, 0.6) is 17.2 Å². The Bertz CT molecular complexity index is 1240. The average Bonchev–Trinajstić information content (AvgIpc) is 3.16. The smallest absolute Gasteiger partial charge is 0.270 e. The summed E-state index contributed by atoms with van der Waals surface area (Å²) in [6.45, 7) is 5.30. The summed E-state index contributed by atoms with van der Waals surface area (Å²) in [5.74, 6) is 1.63. The highest BCUT2D eigenvalue weighted by molar-refractivity contribution is 6.02. The van der Waals surface area contributed by atoms with Gasteiger partial charge in [-0.2, -0.15) is 0 Å². The lowest BCUT2D eigenvalue weighted by atomic mass is 9.96. The Morgan fingerprint density at radius 3 is 2.73 bits per heavy atom. The lowest BCUT2D eigenvalue weighted by molar-refractivity contribution is -0.0247. The van der Waals surface area contributed by atoms with Crippen LogP contribution in [-0.4, -0.2) is 54.2 Å². The Balaban J connectivity index is 1.33. The van der Waals surface area contributed by atoms with Crippen LogP contribution in [0.3, 0.4) is 0 Å². The summed E-state index contributed by atoms with van der Waals surface area (Å²) in [7, 11) is 1.62. The molecule has 2 aliphatic heterocycles. The van der Waals surface area contributed by atoms with Crippen molar-refractivity contribution in [2.75, 3.05) is 26.8 Å². The molecule has 2 N–H and O–H groups in total. The largest absolute Gasteiger partial charge is 0.495 e. The zero-order valence-corrected chi connectivity index (χ0v) is 19.0. The van der Waals surface area contributed by atoms with Crippen LogP contribution in [0.15, 0.2) is 36.4 Å². The first-order valence-electron chi connectivity index (χ1n) is 11.2. The molecule has 1 aromatic heterocycles. The standard InChI is InChI=1S/C25H27N3O5/c1-4-32-16-8-9-19-18(14-16)23(29)27-25(33-19)10-12-28(13-11-25)24(30)21-15(2)17-6-5-7-20(31-3)22(17)26-21/h5-9,14,26H,4,10-13H2,1-3H3,(H,27,29). The number of fused-ring (bicyclic) bond motifs is 2. The first-order valence-corrected chi connectivity index (χ1v) is 11.2. The summed E-state index contributed by atoms with van der Waals surface area (Å²) in [5, 5.41) is 3.99. The van der Waals surface area contributed by atoms with Crippen LogP contribution in [0.25, 0.3) is 10.9 Å². The number of piperidine rings is 1. The van der Waals surface area contributed by atoms with Crippen LogP contribution in [0, 0.1) is 6.92 Å². The van der Waals surface area contributed by atoms with Gasteiger partial charge in [-0.3, -0.25) is 9.59 Å². The van der Waals surface area contributed by atoms with Gasteiger partial charge in [0.15, 0.2) is 5.72 Å². The van der Waals surface area contributed by atoms with Crippen molar-refractivity contribution in [1.29, 1.82) is 0 Å². The van der Waals surface area contributed by atoms with E-state index in [9.17, 15) is 9.59 Å². The lowest BCUT2D eigenvalue weighted by Gasteiger charge is -2.44. The van der Waals surface area contributed by atoms with E-state index >= 15 is 0 Å². The molecule has 1 fully saturated rings. The molecule has 1 spiro atoms. The highest BCUT2D eigenvalue weighted by Crippen LogP contribution is 2.36. The fraction of sp³-hybridized carbons (Fsp3) is 0.360. The number of H-pyrrole nitrogens is 1. The number of aromatic amines is 1. The fourth-order valence-corrected chi connectivity index (χ4v) is 4.71. The predicted octanol–water partition coefficient (Wildman–Crippen LogP) is 3.64. The highest BCUT2D eigenvalue weighted by atomic mass is 16.5. The second-order valence-corrected chi connectivity index (χ2v) is 8.44. The van der Waals surface area contributed by atoms with Gasteiger partial charge in [0.25, 0.3) is 11.8 Å². The van der Waals surface area contributed by atoms with E-state index in [0.29, 0.717) is 61.0 Å². The molecule has 1 saturated heterocycles. The van der Waals surface area contributed by atoms with Gasteiger partial charge in [-0.05, 0) is 43.7 Å². The van der Waals surface area contributed by atoms with Crippen LogP contribution < -0.4 is 19.5 Å². The van der Waals surface area contributed by atoms with Crippen LogP contribution in [-0.2, 0) is 0 Å². The predicted molar refractivity (Wildman–Crippen MR) is 123 cm³/mol. The number of likely N-dealkylation sites (tertiary alicyclic amines) is 1. The van der Waals surface area contributed by atoms with E-state index < -0.39 is 5.72 Å². The van der Waals surface area contributed by atoms with Gasteiger partial charge in [-0.25, -0.2) is 0 Å². The van der Waals surface area contributed by atoms with Crippen molar-refractivity contribution in [1.82, 2.24) is 15.2 Å². The molecule has 0 saturated carbocycles. The molecule has 0 atom stereocenters. The summed E-state index contributed by atoms with van der Waals surface area (Å²) >= 11 is 0. The molecule has 2 aromatic carbocycles. The number of aryl methyl sites for hydroxylation is 1. The molecule has 172 valence electrons. The van der Waals surface area contributed by atoms with Gasteiger partial charge < -0.3 is 29.4 Å². The van der Waals surface area contributed by atoms with Crippen molar-refractivity contribution in [2.45, 2.75) is 32.4 Å². The number of carbonyl (C=O) groups is 2. The number of ether oxygens (including phenoxy) is 3. The number of nitrogens with zero attached hydrogens (tertiary/aromatic N) is 1. The second-order valence-electron chi connectivity index (χ2n) is 8.44. The van der Waals surface area contributed by atoms with Gasteiger partial charge in [-0.15, -0.1) is 0 Å². The maximum absolute atomic E-state index is 13.3. The number of benzene rings is 2. The Kier molecular flexibility index (Phi) is 5.15. The Labute approximate surface area is 191 Å². The normalized spacial score (nSPS) is 16.8. The Hall–Kier alpha value is -3.68. The average molecular weight is 450 g/mol. The van der Waals surface area contributed by atoms with Crippen LogP contribution >= 0.6 is 0 Å². The summed E-state index contributed by atoms with van der Waals surface area (Å²) < 4.78 is 17.2. The molecular weight excluding hydrogens is 422 g/mol. The summed E-state index contributed by atoms with van der Waals surface area (Å²) in [6.07, 6.45) is 0.999. The monoisotopic (exact) mass is 449 g/mol. The summed E-state index contributed by atoms with van der Waals surface area (Å²) in [4.78, 5) is 31.2.